The Morgan fingerprint density at radius 1 is 1.00 bits per heavy atom. The number of rotatable bonds is 1. The molecular formula is C29H36O11. The predicted octanol–water partition coefficient (Wildman–Crippen LogP) is 0.948. The van der Waals surface area contributed by atoms with Gasteiger partial charge in [0.15, 0.2) is 5.60 Å². The zero-order valence-corrected chi connectivity index (χ0v) is 23.2. The normalized spacial score (nSPS) is 61.1. The van der Waals surface area contributed by atoms with Crippen molar-refractivity contribution < 1.29 is 53.1 Å². The van der Waals surface area contributed by atoms with Crippen molar-refractivity contribution >= 4 is 23.5 Å². The highest BCUT2D eigenvalue weighted by molar-refractivity contribution is 6.01. The molecule has 13 atom stereocenters. The van der Waals surface area contributed by atoms with Gasteiger partial charge in [0.25, 0.3) is 0 Å². The molecule has 0 amide bonds. The van der Waals surface area contributed by atoms with Crippen molar-refractivity contribution in [2.45, 2.75) is 113 Å². The first-order valence-corrected chi connectivity index (χ1v) is 14.6. The van der Waals surface area contributed by atoms with E-state index in [9.17, 15) is 29.4 Å². The topological polar surface area (TPSA) is 155 Å². The Morgan fingerprint density at radius 3 is 2.42 bits per heavy atom. The Bertz CT molecular complexity index is 1300. The number of Topliss-reactive ketones (excluding diaryl/α,β-unsaturated/α-hetero) is 2. The third-order valence-electron chi connectivity index (χ3n) is 12.5. The Labute approximate surface area is 231 Å². The molecule has 13 unspecified atom stereocenters. The van der Waals surface area contributed by atoms with Gasteiger partial charge < -0.3 is 29.2 Å². The molecule has 4 spiro atoms. The van der Waals surface area contributed by atoms with Crippen LogP contribution in [-0.2, 0) is 42.9 Å². The van der Waals surface area contributed by atoms with Gasteiger partial charge in [-0.3, -0.25) is 23.9 Å². The molecule has 8 rings (SSSR count). The minimum absolute atomic E-state index is 0.00838. The number of aliphatic hydroxyl groups excluding tert-OH is 1. The zero-order valence-electron chi connectivity index (χ0n) is 23.2. The van der Waals surface area contributed by atoms with Crippen molar-refractivity contribution in [1.29, 1.82) is 0 Å². The second kappa shape index (κ2) is 6.99. The zero-order chi connectivity index (χ0) is 28.5. The van der Waals surface area contributed by atoms with Crippen LogP contribution in [-0.4, -0.2) is 80.4 Å². The van der Waals surface area contributed by atoms with Crippen LogP contribution in [0.1, 0.15) is 72.6 Å². The maximum Gasteiger partial charge on any atom is 0.311 e. The average Bonchev–Trinajstić information content (AvgIpc) is 3.56. The smallest absolute Gasteiger partial charge is 0.311 e. The van der Waals surface area contributed by atoms with Gasteiger partial charge in [0.1, 0.15) is 23.1 Å². The molecule has 11 nitrogen and oxygen atoms in total. The number of carbonyl (C=O) groups excluding carboxylic acids is 4. The molecule has 2 aliphatic carbocycles. The number of carbonyl (C=O) groups is 4. The van der Waals surface area contributed by atoms with E-state index in [4.69, 9.17) is 23.7 Å². The summed E-state index contributed by atoms with van der Waals surface area (Å²) in [5.74, 6) is -8.00. The Kier molecular flexibility index (Phi) is 4.50. The first-order chi connectivity index (χ1) is 18.7. The number of aliphatic hydroxyl groups is 2. The lowest BCUT2D eigenvalue weighted by molar-refractivity contribution is -0.316. The third kappa shape index (κ3) is 2.43. The summed E-state index contributed by atoms with van der Waals surface area (Å²) < 4.78 is 31.8. The second-order valence-electron chi connectivity index (χ2n) is 14.4. The van der Waals surface area contributed by atoms with Crippen LogP contribution in [0.25, 0.3) is 0 Å². The van der Waals surface area contributed by atoms with E-state index >= 15 is 0 Å². The van der Waals surface area contributed by atoms with Gasteiger partial charge >= 0.3 is 11.9 Å². The molecule has 0 aromatic heterocycles. The van der Waals surface area contributed by atoms with Crippen LogP contribution in [0.2, 0.25) is 0 Å². The molecule has 11 heteroatoms. The van der Waals surface area contributed by atoms with Gasteiger partial charge in [-0.05, 0) is 32.6 Å². The fraction of sp³-hybridized carbons (Fsp3) is 0.862. The van der Waals surface area contributed by atoms with Crippen molar-refractivity contribution in [3.63, 3.8) is 0 Å². The summed E-state index contributed by atoms with van der Waals surface area (Å²) in [7, 11) is 0. The molecule has 40 heavy (non-hydrogen) atoms. The summed E-state index contributed by atoms with van der Waals surface area (Å²) >= 11 is 0. The summed E-state index contributed by atoms with van der Waals surface area (Å²) in [5.41, 5.74) is -6.85. The van der Waals surface area contributed by atoms with E-state index in [2.05, 4.69) is 0 Å². The fourth-order valence-corrected chi connectivity index (χ4v) is 10.9. The predicted molar refractivity (Wildman–Crippen MR) is 130 cm³/mol. The van der Waals surface area contributed by atoms with Gasteiger partial charge in [0.05, 0.1) is 24.5 Å². The van der Waals surface area contributed by atoms with E-state index < -0.39 is 92.8 Å². The van der Waals surface area contributed by atoms with Crippen molar-refractivity contribution in [3.8, 4) is 0 Å². The van der Waals surface area contributed by atoms with Crippen molar-refractivity contribution in [1.82, 2.24) is 0 Å². The van der Waals surface area contributed by atoms with Crippen LogP contribution < -0.4 is 0 Å². The molecule has 0 aromatic rings. The highest BCUT2D eigenvalue weighted by Gasteiger charge is 2.89. The van der Waals surface area contributed by atoms with Gasteiger partial charge in [0.2, 0.25) is 17.4 Å². The number of hydrogen-bond donors (Lipinski definition) is 2. The number of esters is 2. The van der Waals surface area contributed by atoms with Crippen LogP contribution in [0.15, 0.2) is 0 Å². The number of ketones is 2. The van der Waals surface area contributed by atoms with E-state index in [1.807, 2.05) is 6.92 Å². The highest BCUT2D eigenvalue weighted by Crippen LogP contribution is 2.75. The lowest BCUT2D eigenvalue weighted by atomic mass is 9.61. The second-order valence-corrected chi connectivity index (χ2v) is 14.4. The summed E-state index contributed by atoms with van der Waals surface area (Å²) in [5, 5.41) is 22.9. The fourth-order valence-electron chi connectivity index (χ4n) is 10.9. The van der Waals surface area contributed by atoms with E-state index in [0.717, 1.165) is 0 Å². The minimum Gasteiger partial charge on any atom is -0.456 e. The van der Waals surface area contributed by atoms with Crippen LogP contribution in [0.3, 0.4) is 0 Å². The molecule has 8 aliphatic rings. The lowest BCUT2D eigenvalue weighted by Crippen LogP contribution is -2.60. The number of fused-ring (bicyclic) bond motifs is 1. The molecule has 2 saturated carbocycles. The molecule has 6 saturated heterocycles. The Hall–Kier alpha value is -1.92. The van der Waals surface area contributed by atoms with E-state index in [0.29, 0.717) is 6.42 Å². The van der Waals surface area contributed by atoms with E-state index in [-0.39, 0.29) is 50.9 Å². The Morgan fingerprint density at radius 2 is 1.75 bits per heavy atom. The van der Waals surface area contributed by atoms with Gasteiger partial charge in [0, 0.05) is 41.9 Å². The molecule has 218 valence electrons. The maximum atomic E-state index is 14.8. The lowest BCUT2D eigenvalue weighted by Gasteiger charge is -2.43. The summed E-state index contributed by atoms with van der Waals surface area (Å²) in [6.07, 6.45) is 0.143. The molecule has 6 aliphatic heterocycles. The molecule has 0 radical (unpaired) electrons. The SMILES string of the molecule is CC1CC2(OC1=O)OC13OC4(CCC5(C)C(=O)C(C)C2C51)CC12OC(=O)CC1OC(C)(CO)C2CCC4(O)C3=O. The highest BCUT2D eigenvalue weighted by atomic mass is 16.8. The van der Waals surface area contributed by atoms with Crippen molar-refractivity contribution in [2.24, 2.45) is 35.0 Å². The summed E-state index contributed by atoms with van der Waals surface area (Å²) in [6.45, 7) is 6.82. The van der Waals surface area contributed by atoms with Crippen LogP contribution in [0, 0.1) is 35.0 Å². The quantitative estimate of drug-likeness (QED) is 0.441. The summed E-state index contributed by atoms with van der Waals surface area (Å²) in [6, 6.07) is 0. The van der Waals surface area contributed by atoms with Gasteiger partial charge in [-0.1, -0.05) is 20.8 Å². The van der Waals surface area contributed by atoms with E-state index in [1.54, 1.807) is 20.8 Å². The molecular weight excluding hydrogens is 524 g/mol. The Balaban J connectivity index is 1.32. The first-order valence-electron chi connectivity index (χ1n) is 14.6. The van der Waals surface area contributed by atoms with Crippen molar-refractivity contribution in [3.05, 3.63) is 0 Å². The molecule has 6 heterocycles. The molecule has 0 aromatic carbocycles. The first kappa shape index (κ1) is 25.8. The molecule has 8 fully saturated rings. The number of ether oxygens (including phenoxy) is 5. The van der Waals surface area contributed by atoms with Gasteiger partial charge in [-0.2, -0.15) is 0 Å². The minimum atomic E-state index is -2.01. The average molecular weight is 561 g/mol. The van der Waals surface area contributed by atoms with Crippen LogP contribution in [0.5, 0.6) is 0 Å². The monoisotopic (exact) mass is 560 g/mol. The summed E-state index contributed by atoms with van der Waals surface area (Å²) in [4.78, 5) is 54.2. The van der Waals surface area contributed by atoms with Gasteiger partial charge in [-0.15, -0.1) is 0 Å². The van der Waals surface area contributed by atoms with Crippen LogP contribution in [0.4, 0.5) is 0 Å². The van der Waals surface area contributed by atoms with Crippen molar-refractivity contribution in [2.75, 3.05) is 6.61 Å². The largest absolute Gasteiger partial charge is 0.456 e. The van der Waals surface area contributed by atoms with Gasteiger partial charge in [-0.25, -0.2) is 0 Å². The third-order valence-corrected chi connectivity index (χ3v) is 12.5. The van der Waals surface area contributed by atoms with Crippen LogP contribution >= 0.6 is 0 Å². The molecule has 2 bridgehead atoms. The maximum absolute atomic E-state index is 14.8. The number of hydrogen-bond acceptors (Lipinski definition) is 11. The molecule has 2 N–H and O–H groups in total. The van der Waals surface area contributed by atoms with E-state index in [1.165, 1.54) is 0 Å². The standard InChI is InChI=1S/C29H36O11/c1-13-10-28(38-21(13)33)18-14(2)20(32)23(3)7-8-25-11-26-15(24(4,12-30)36-16(26)9-17(31)37-26)5-6-27(25,35)22(34)29(39-25,40-28)19(18)23/h13-16,18-19,30,35H,5-12H2,1-4H3.